The molecule has 2 nitrogen and oxygen atoms in total. The molecule has 2 rings (SSSR count). The van der Waals surface area contributed by atoms with Gasteiger partial charge in [-0.05, 0) is 23.8 Å². The van der Waals surface area contributed by atoms with Gasteiger partial charge in [0, 0.05) is 28.3 Å². The Morgan fingerprint density at radius 1 is 1.28 bits per heavy atom. The second-order valence-electron chi connectivity index (χ2n) is 4.94. The van der Waals surface area contributed by atoms with Gasteiger partial charge < -0.3 is 10.5 Å². The van der Waals surface area contributed by atoms with E-state index in [1.54, 1.807) is 11.3 Å². The second kappa shape index (κ2) is 6.32. The summed E-state index contributed by atoms with van der Waals surface area (Å²) in [5, 5.41) is 1.30. The van der Waals surface area contributed by atoms with E-state index >= 15 is 0 Å². The highest BCUT2D eigenvalue weighted by Gasteiger charge is 2.10. The molecule has 3 heteroatoms. The molecule has 0 aliphatic rings. The lowest BCUT2D eigenvalue weighted by molar-refractivity contribution is 0.111. The van der Waals surface area contributed by atoms with Crippen LogP contribution in [-0.4, -0.2) is 6.61 Å². The average molecular weight is 263 g/mol. The first kappa shape index (κ1) is 13.5. The van der Waals surface area contributed by atoms with Crippen molar-refractivity contribution in [1.29, 1.82) is 0 Å². The molecule has 0 atom stereocenters. The Hall–Kier alpha value is -0.900. The van der Waals surface area contributed by atoms with Crippen LogP contribution in [-0.2, 0) is 17.9 Å². The van der Waals surface area contributed by atoms with Crippen molar-refractivity contribution >= 4 is 21.4 Å². The van der Waals surface area contributed by atoms with Crippen LogP contribution in [0.1, 0.15) is 30.7 Å². The molecule has 1 aromatic heterocycles. The molecule has 98 valence electrons. The minimum Gasteiger partial charge on any atom is -0.377 e. The van der Waals surface area contributed by atoms with Crippen LogP contribution in [0.2, 0.25) is 0 Å². The maximum atomic E-state index is 5.82. The number of thiophene rings is 1. The van der Waals surface area contributed by atoms with Crippen LogP contribution in [0.5, 0.6) is 0 Å². The topological polar surface area (TPSA) is 35.2 Å². The zero-order valence-electron chi connectivity index (χ0n) is 11.1. The first-order chi connectivity index (χ1) is 8.72. The number of benzene rings is 1. The third-order valence-corrected chi connectivity index (χ3v) is 4.29. The molecule has 0 saturated carbocycles. The van der Waals surface area contributed by atoms with Gasteiger partial charge in [0.25, 0.3) is 0 Å². The summed E-state index contributed by atoms with van der Waals surface area (Å²) in [6.07, 6.45) is 1.11. The maximum Gasteiger partial charge on any atom is 0.0734 e. The fourth-order valence-corrected chi connectivity index (χ4v) is 3.05. The van der Waals surface area contributed by atoms with Gasteiger partial charge >= 0.3 is 0 Å². The highest BCUT2D eigenvalue weighted by Crippen LogP contribution is 2.31. The normalized spacial score (nSPS) is 11.6. The van der Waals surface area contributed by atoms with Crippen molar-refractivity contribution in [3.63, 3.8) is 0 Å². The van der Waals surface area contributed by atoms with Crippen molar-refractivity contribution < 1.29 is 4.74 Å². The van der Waals surface area contributed by atoms with Gasteiger partial charge in [0.05, 0.1) is 6.61 Å². The van der Waals surface area contributed by atoms with E-state index in [-0.39, 0.29) is 0 Å². The highest BCUT2D eigenvalue weighted by atomic mass is 32.1. The molecule has 2 N–H and O–H groups in total. The van der Waals surface area contributed by atoms with Crippen molar-refractivity contribution in [2.45, 2.75) is 33.4 Å². The fraction of sp³-hybridized carbons (Fsp3) is 0.467. The molecule has 1 heterocycles. The van der Waals surface area contributed by atoms with E-state index in [2.05, 4.69) is 38.1 Å². The minimum absolute atomic E-state index is 0.599. The Balaban J connectivity index is 2.10. The standard InChI is InChI=1S/C15H21NOS/c1-11(2)7-8-17-10-13-12-5-3-4-6-14(12)18-15(13)9-16/h3-6,11H,7-10,16H2,1-2H3. The summed E-state index contributed by atoms with van der Waals surface area (Å²) in [6, 6.07) is 8.46. The maximum absolute atomic E-state index is 5.82. The number of rotatable bonds is 6. The van der Waals surface area contributed by atoms with Crippen LogP contribution >= 0.6 is 11.3 Å². The molecule has 0 aliphatic carbocycles. The summed E-state index contributed by atoms with van der Waals surface area (Å²) in [5.74, 6) is 0.693. The van der Waals surface area contributed by atoms with Crippen LogP contribution in [0.4, 0.5) is 0 Å². The molecule has 0 spiro atoms. The molecular formula is C15H21NOS. The molecule has 0 aliphatic heterocycles. The molecule has 0 fully saturated rings. The average Bonchev–Trinajstić information content (AvgIpc) is 2.72. The van der Waals surface area contributed by atoms with E-state index in [1.807, 2.05) is 0 Å². The number of nitrogens with two attached hydrogens (primary N) is 1. The van der Waals surface area contributed by atoms with Crippen molar-refractivity contribution in [2.24, 2.45) is 11.7 Å². The van der Waals surface area contributed by atoms with Crippen LogP contribution in [0.3, 0.4) is 0 Å². The predicted octanol–water partition coefficient (Wildman–Crippen LogP) is 3.92. The van der Waals surface area contributed by atoms with Gasteiger partial charge in [-0.2, -0.15) is 0 Å². The van der Waals surface area contributed by atoms with Crippen LogP contribution in [0.15, 0.2) is 24.3 Å². The molecule has 0 unspecified atom stereocenters. The lowest BCUT2D eigenvalue weighted by atomic mass is 10.1. The molecule has 0 radical (unpaired) electrons. The van der Waals surface area contributed by atoms with Gasteiger partial charge in [-0.25, -0.2) is 0 Å². The molecule has 0 amide bonds. The van der Waals surface area contributed by atoms with E-state index < -0.39 is 0 Å². The molecule has 2 aromatic rings. The van der Waals surface area contributed by atoms with Gasteiger partial charge in [-0.3, -0.25) is 0 Å². The molecule has 0 saturated heterocycles. The number of ether oxygens (including phenoxy) is 1. The van der Waals surface area contributed by atoms with E-state index in [4.69, 9.17) is 10.5 Å². The lowest BCUT2D eigenvalue weighted by Gasteiger charge is -2.07. The van der Waals surface area contributed by atoms with Crippen molar-refractivity contribution in [1.82, 2.24) is 0 Å². The van der Waals surface area contributed by atoms with E-state index in [9.17, 15) is 0 Å². The largest absolute Gasteiger partial charge is 0.377 e. The lowest BCUT2D eigenvalue weighted by Crippen LogP contribution is -2.02. The highest BCUT2D eigenvalue weighted by molar-refractivity contribution is 7.19. The van der Waals surface area contributed by atoms with Crippen LogP contribution < -0.4 is 5.73 Å². The first-order valence-electron chi connectivity index (χ1n) is 6.49. The van der Waals surface area contributed by atoms with Gasteiger partial charge in [0.15, 0.2) is 0 Å². The fourth-order valence-electron chi connectivity index (χ4n) is 1.97. The van der Waals surface area contributed by atoms with Crippen molar-refractivity contribution in [3.05, 3.63) is 34.7 Å². The summed E-state index contributed by atoms with van der Waals surface area (Å²) >= 11 is 1.78. The first-order valence-corrected chi connectivity index (χ1v) is 7.31. The van der Waals surface area contributed by atoms with Crippen molar-refractivity contribution in [3.8, 4) is 0 Å². The van der Waals surface area contributed by atoms with Gasteiger partial charge in [0.1, 0.15) is 0 Å². The zero-order chi connectivity index (χ0) is 13.0. The summed E-state index contributed by atoms with van der Waals surface area (Å²) in [6.45, 7) is 6.54. The molecule has 1 aromatic carbocycles. The van der Waals surface area contributed by atoms with Gasteiger partial charge in [-0.1, -0.05) is 32.0 Å². The second-order valence-corrected chi connectivity index (χ2v) is 6.08. The Kier molecular flexibility index (Phi) is 4.75. The molecular weight excluding hydrogens is 242 g/mol. The smallest absolute Gasteiger partial charge is 0.0734 e. The number of hydrogen-bond donors (Lipinski definition) is 1. The minimum atomic E-state index is 0.599. The van der Waals surface area contributed by atoms with Crippen LogP contribution in [0, 0.1) is 5.92 Å². The van der Waals surface area contributed by atoms with E-state index in [0.717, 1.165) is 13.0 Å². The molecule has 18 heavy (non-hydrogen) atoms. The summed E-state index contributed by atoms with van der Waals surface area (Å²) in [5.41, 5.74) is 7.10. The van der Waals surface area contributed by atoms with Gasteiger partial charge in [-0.15, -0.1) is 11.3 Å². The Morgan fingerprint density at radius 3 is 2.78 bits per heavy atom. The zero-order valence-corrected chi connectivity index (χ0v) is 11.9. The van der Waals surface area contributed by atoms with Crippen LogP contribution in [0.25, 0.3) is 10.1 Å². The quantitative estimate of drug-likeness (QED) is 0.802. The van der Waals surface area contributed by atoms with Gasteiger partial charge in [0.2, 0.25) is 0 Å². The summed E-state index contributed by atoms with van der Waals surface area (Å²) in [4.78, 5) is 1.25. The summed E-state index contributed by atoms with van der Waals surface area (Å²) in [7, 11) is 0. The Bertz CT molecular complexity index is 504. The number of hydrogen-bond acceptors (Lipinski definition) is 3. The Labute approximate surface area is 113 Å². The van der Waals surface area contributed by atoms with Crippen molar-refractivity contribution in [2.75, 3.05) is 6.61 Å². The Morgan fingerprint density at radius 2 is 2.06 bits per heavy atom. The van der Waals surface area contributed by atoms with E-state index in [1.165, 1.54) is 20.5 Å². The summed E-state index contributed by atoms with van der Waals surface area (Å²) < 4.78 is 7.10. The predicted molar refractivity (Wildman–Crippen MR) is 78.8 cm³/mol. The number of fused-ring (bicyclic) bond motifs is 1. The monoisotopic (exact) mass is 263 g/mol. The molecule has 0 bridgehead atoms. The third-order valence-electron chi connectivity index (χ3n) is 3.05. The third kappa shape index (κ3) is 3.10. The SMILES string of the molecule is CC(C)CCOCc1c(CN)sc2ccccc12. The van der Waals surface area contributed by atoms with E-state index in [0.29, 0.717) is 19.1 Å².